The number of benzene rings is 3. The molecule has 8 nitrogen and oxygen atoms in total. The van der Waals surface area contributed by atoms with Crippen LogP contribution < -0.4 is 10.6 Å². The Morgan fingerprint density at radius 2 is 1.72 bits per heavy atom. The lowest BCUT2D eigenvalue weighted by Crippen LogP contribution is -2.42. The van der Waals surface area contributed by atoms with Crippen molar-refractivity contribution in [3.05, 3.63) is 106 Å². The number of hydrogen-bond acceptors (Lipinski definition) is 6. The highest BCUT2D eigenvalue weighted by Gasteiger charge is 2.23. The number of aromatic nitrogens is 1. The molecule has 3 N–H and O–H groups in total. The van der Waals surface area contributed by atoms with E-state index in [2.05, 4.69) is 27.5 Å². The number of carbonyl (C=O) groups excluding carboxylic acids is 2. The third kappa shape index (κ3) is 8.99. The maximum Gasteiger partial charge on any atom is 0.412 e. The van der Waals surface area contributed by atoms with Crippen molar-refractivity contribution < 1.29 is 28.6 Å². The number of aliphatic carboxylic acids is 1. The normalized spacial score (nSPS) is 11.6. The third-order valence-electron chi connectivity index (χ3n) is 5.98. The van der Waals surface area contributed by atoms with Crippen molar-refractivity contribution in [2.24, 2.45) is 0 Å². The van der Waals surface area contributed by atoms with Gasteiger partial charge < -0.3 is 15.2 Å². The summed E-state index contributed by atoms with van der Waals surface area (Å²) in [5, 5.41) is 17.0. The molecule has 10 heteroatoms. The predicted molar refractivity (Wildman–Crippen MR) is 164 cm³/mol. The van der Waals surface area contributed by atoms with Crippen molar-refractivity contribution in [1.82, 2.24) is 10.3 Å². The van der Waals surface area contributed by atoms with E-state index in [1.807, 2.05) is 31.2 Å². The molecule has 0 aliphatic carbocycles. The Kier molecular flexibility index (Phi) is 9.58. The molecule has 0 saturated heterocycles. The molecule has 0 spiro atoms. The van der Waals surface area contributed by atoms with Gasteiger partial charge in [0.15, 0.2) is 0 Å². The van der Waals surface area contributed by atoms with Crippen molar-refractivity contribution >= 4 is 35.0 Å². The number of rotatable bonds is 7. The van der Waals surface area contributed by atoms with E-state index in [0.717, 1.165) is 11.1 Å². The molecule has 0 aliphatic heterocycles. The molecule has 4 rings (SSSR count). The topological polar surface area (TPSA) is 118 Å². The second-order valence-electron chi connectivity index (χ2n) is 10.7. The van der Waals surface area contributed by atoms with Crippen molar-refractivity contribution in [1.29, 1.82) is 0 Å². The summed E-state index contributed by atoms with van der Waals surface area (Å²) in [6.45, 7) is 7.28. The smallest absolute Gasteiger partial charge is 0.412 e. The molecular formula is C33H30FN3O5S. The summed E-state index contributed by atoms with van der Waals surface area (Å²) in [7, 11) is 0. The fourth-order valence-electron chi connectivity index (χ4n) is 3.86. The first-order valence-corrected chi connectivity index (χ1v) is 14.2. The summed E-state index contributed by atoms with van der Waals surface area (Å²) in [5.74, 6) is 3.13. The van der Waals surface area contributed by atoms with Gasteiger partial charge in [0.05, 0.1) is 5.56 Å². The van der Waals surface area contributed by atoms with Crippen LogP contribution in [0, 0.1) is 24.6 Å². The Labute approximate surface area is 252 Å². The molecule has 2 amide bonds. The minimum absolute atomic E-state index is 0.109. The van der Waals surface area contributed by atoms with Gasteiger partial charge in [-0.05, 0) is 69.7 Å². The van der Waals surface area contributed by atoms with Gasteiger partial charge >= 0.3 is 12.1 Å². The van der Waals surface area contributed by atoms with Crippen LogP contribution in [0.3, 0.4) is 0 Å². The quantitative estimate of drug-likeness (QED) is 0.211. The molecule has 0 aliphatic rings. The largest absolute Gasteiger partial charge is 0.480 e. The number of hydrogen-bond donors (Lipinski definition) is 3. The highest BCUT2D eigenvalue weighted by Crippen LogP contribution is 2.24. The van der Waals surface area contributed by atoms with Crippen LogP contribution in [0.4, 0.5) is 14.9 Å². The number of amides is 2. The third-order valence-corrected chi connectivity index (χ3v) is 6.88. The monoisotopic (exact) mass is 599 g/mol. The molecule has 0 radical (unpaired) electrons. The molecule has 0 bridgehead atoms. The molecule has 3 aromatic carbocycles. The summed E-state index contributed by atoms with van der Waals surface area (Å²) in [5.41, 5.74) is 3.07. The van der Waals surface area contributed by atoms with Crippen LogP contribution in [0.1, 0.15) is 53.5 Å². The summed E-state index contributed by atoms with van der Waals surface area (Å²) in [6, 6.07) is 17.3. The summed E-state index contributed by atoms with van der Waals surface area (Å²) >= 11 is 1.28. The number of carbonyl (C=O) groups is 3. The summed E-state index contributed by atoms with van der Waals surface area (Å²) in [6.07, 6.45) is -0.708. The van der Waals surface area contributed by atoms with Crippen molar-refractivity contribution in [2.45, 2.75) is 45.8 Å². The van der Waals surface area contributed by atoms with Gasteiger partial charge in [-0.15, -0.1) is 11.3 Å². The second-order valence-corrected chi connectivity index (χ2v) is 11.6. The molecule has 0 fully saturated rings. The van der Waals surface area contributed by atoms with Crippen LogP contribution in [0.5, 0.6) is 0 Å². The first-order valence-electron chi connectivity index (χ1n) is 13.3. The Morgan fingerprint density at radius 1 is 1.02 bits per heavy atom. The Balaban J connectivity index is 1.38. The van der Waals surface area contributed by atoms with Gasteiger partial charge in [0.2, 0.25) is 0 Å². The fraction of sp³-hybridized carbons (Fsp3) is 0.212. The minimum atomic E-state index is -1.29. The molecule has 1 unspecified atom stereocenters. The van der Waals surface area contributed by atoms with Crippen LogP contribution in [-0.4, -0.2) is 39.7 Å². The first kappa shape index (κ1) is 30.9. The fourth-order valence-corrected chi connectivity index (χ4v) is 4.67. The van der Waals surface area contributed by atoms with Crippen molar-refractivity contribution in [3.8, 4) is 22.4 Å². The van der Waals surface area contributed by atoms with Gasteiger partial charge in [0.1, 0.15) is 28.2 Å². The van der Waals surface area contributed by atoms with Crippen LogP contribution in [-0.2, 0) is 16.0 Å². The van der Waals surface area contributed by atoms with Gasteiger partial charge in [-0.25, -0.2) is 19.0 Å². The molecule has 0 saturated carbocycles. The lowest BCUT2D eigenvalue weighted by Gasteiger charge is -2.19. The van der Waals surface area contributed by atoms with Crippen molar-refractivity contribution in [2.75, 3.05) is 5.32 Å². The van der Waals surface area contributed by atoms with E-state index in [4.69, 9.17) is 4.74 Å². The van der Waals surface area contributed by atoms with Gasteiger partial charge in [-0.1, -0.05) is 47.7 Å². The van der Waals surface area contributed by atoms with Crippen LogP contribution in [0.15, 0.2) is 72.1 Å². The number of nitrogens with one attached hydrogen (secondary N) is 2. The Hall–Kier alpha value is -5.01. The van der Waals surface area contributed by atoms with Crippen LogP contribution in [0.2, 0.25) is 0 Å². The highest BCUT2D eigenvalue weighted by atomic mass is 32.1. The lowest BCUT2D eigenvalue weighted by atomic mass is 10.0. The van der Waals surface area contributed by atoms with E-state index in [1.54, 1.807) is 56.5 Å². The van der Waals surface area contributed by atoms with Gasteiger partial charge in [-0.2, -0.15) is 0 Å². The summed E-state index contributed by atoms with van der Waals surface area (Å²) < 4.78 is 20.1. The first-order chi connectivity index (χ1) is 20.4. The number of aryl methyl sites for hydroxylation is 1. The number of halogens is 1. The van der Waals surface area contributed by atoms with E-state index in [-0.39, 0.29) is 17.7 Å². The zero-order chi connectivity index (χ0) is 31.1. The van der Waals surface area contributed by atoms with Crippen molar-refractivity contribution in [3.63, 3.8) is 0 Å². The number of anilines is 1. The molecule has 1 aromatic heterocycles. The molecule has 4 aromatic rings. The SMILES string of the molecule is Cc1ccc(-c2nc(C(=O)NC(Cc3ccc(C#Cc4ccc(NC(=O)OC(C)(C)C)cc4)c(F)c3)C(=O)O)cs2)cc1. The molecule has 220 valence electrons. The van der Waals surface area contributed by atoms with E-state index in [9.17, 15) is 23.9 Å². The number of carboxylic acids is 1. The average molecular weight is 600 g/mol. The molecule has 43 heavy (non-hydrogen) atoms. The maximum absolute atomic E-state index is 14.9. The van der Waals surface area contributed by atoms with E-state index in [1.165, 1.54) is 23.5 Å². The minimum Gasteiger partial charge on any atom is -0.480 e. The second kappa shape index (κ2) is 13.3. The lowest BCUT2D eigenvalue weighted by molar-refractivity contribution is -0.139. The van der Waals surface area contributed by atoms with E-state index < -0.39 is 35.4 Å². The number of ether oxygens (including phenoxy) is 1. The number of thiazole rings is 1. The highest BCUT2D eigenvalue weighted by molar-refractivity contribution is 7.13. The number of nitrogens with zero attached hydrogens (tertiary/aromatic N) is 1. The van der Waals surface area contributed by atoms with Crippen LogP contribution >= 0.6 is 11.3 Å². The average Bonchev–Trinajstić information content (AvgIpc) is 3.43. The molecule has 1 atom stereocenters. The standard InChI is InChI=1S/C33H30FN3O5S/c1-20-5-11-24(12-6-20)30-37-28(19-43-30)29(38)36-27(31(39)40)18-22-8-14-23(26(34)17-22)13-7-21-9-15-25(16-10-21)35-32(41)42-33(2,3)4/h5-6,8-12,14-17,19,27H,18H2,1-4H3,(H,35,41)(H,36,38)(H,39,40). The van der Waals surface area contributed by atoms with Gasteiger partial charge in [-0.3, -0.25) is 10.1 Å². The van der Waals surface area contributed by atoms with E-state index in [0.29, 0.717) is 21.8 Å². The van der Waals surface area contributed by atoms with Gasteiger partial charge in [0.25, 0.3) is 5.91 Å². The number of carboxylic acid groups (broad SMARTS) is 1. The Bertz CT molecular complexity index is 1700. The zero-order valence-electron chi connectivity index (χ0n) is 24.0. The predicted octanol–water partition coefficient (Wildman–Crippen LogP) is 6.43. The maximum atomic E-state index is 14.9. The van der Waals surface area contributed by atoms with Crippen LogP contribution in [0.25, 0.3) is 10.6 Å². The molecular weight excluding hydrogens is 569 g/mol. The van der Waals surface area contributed by atoms with E-state index >= 15 is 0 Å². The zero-order valence-corrected chi connectivity index (χ0v) is 24.8. The Morgan fingerprint density at radius 3 is 2.35 bits per heavy atom. The molecule has 1 heterocycles. The summed E-state index contributed by atoms with van der Waals surface area (Å²) in [4.78, 5) is 40.9. The van der Waals surface area contributed by atoms with Gasteiger partial charge in [0, 0.05) is 28.6 Å².